The third-order valence-corrected chi connectivity index (χ3v) is 5.76. The maximum absolute atomic E-state index is 11.5. The maximum atomic E-state index is 11.5. The number of amidine groups is 1. The van der Waals surface area contributed by atoms with Crippen molar-refractivity contribution in [1.82, 2.24) is 10.3 Å². The highest BCUT2D eigenvalue weighted by molar-refractivity contribution is 6.08. The van der Waals surface area contributed by atoms with Gasteiger partial charge in [-0.1, -0.05) is 25.5 Å². The van der Waals surface area contributed by atoms with Crippen LogP contribution in [0, 0.1) is 6.92 Å². The summed E-state index contributed by atoms with van der Waals surface area (Å²) >= 11 is 0. The summed E-state index contributed by atoms with van der Waals surface area (Å²) in [6, 6.07) is 9.33. The third kappa shape index (κ3) is 5.12. The molecule has 1 amide bonds. The zero-order chi connectivity index (χ0) is 21.0. The third-order valence-electron chi connectivity index (χ3n) is 5.76. The molecule has 0 aliphatic carbocycles. The molecule has 0 radical (unpaired) electrons. The molecule has 156 valence electrons. The Bertz CT molecular complexity index is 896. The van der Waals surface area contributed by atoms with Crippen LogP contribution in [-0.4, -0.2) is 41.9 Å². The van der Waals surface area contributed by atoms with Crippen LogP contribution in [0.15, 0.2) is 29.3 Å². The molecule has 0 spiro atoms. The van der Waals surface area contributed by atoms with Crippen molar-refractivity contribution in [1.29, 1.82) is 0 Å². The predicted molar refractivity (Wildman–Crippen MR) is 121 cm³/mol. The van der Waals surface area contributed by atoms with Crippen LogP contribution in [-0.2, 0) is 4.79 Å². The number of benzene rings is 1. The molecule has 2 aromatic rings. The summed E-state index contributed by atoms with van der Waals surface area (Å²) in [7, 11) is 0. The number of nitrogens with one attached hydrogen (secondary N) is 1. The molecular formula is C23H33N5O. The summed E-state index contributed by atoms with van der Waals surface area (Å²) in [5.74, 6) is 0.761. The first-order chi connectivity index (χ1) is 13.9. The average Bonchev–Trinajstić information content (AvgIpc) is 2.71. The maximum Gasteiger partial charge on any atom is 0.244 e. The van der Waals surface area contributed by atoms with Crippen molar-refractivity contribution in [3.63, 3.8) is 0 Å². The number of rotatable bonds is 6. The van der Waals surface area contributed by atoms with E-state index in [9.17, 15) is 4.79 Å². The second-order valence-corrected chi connectivity index (χ2v) is 8.01. The molecule has 2 heterocycles. The molecule has 6 nitrogen and oxygen atoms in total. The monoisotopic (exact) mass is 395 g/mol. The zero-order valence-electron chi connectivity index (χ0n) is 18.0. The van der Waals surface area contributed by atoms with Crippen molar-refractivity contribution in [2.75, 3.05) is 18.0 Å². The quantitative estimate of drug-likeness (QED) is 0.577. The van der Waals surface area contributed by atoms with Crippen molar-refractivity contribution in [2.24, 2.45) is 10.7 Å². The number of pyridine rings is 1. The Morgan fingerprint density at radius 2 is 1.97 bits per heavy atom. The molecule has 1 fully saturated rings. The Hall–Kier alpha value is -2.47. The van der Waals surface area contributed by atoms with Gasteiger partial charge in [-0.25, -0.2) is 4.98 Å². The Morgan fingerprint density at radius 3 is 2.59 bits per heavy atom. The highest BCUT2D eigenvalue weighted by Gasteiger charge is 2.24. The number of hydrogen-bond acceptors (Lipinski definition) is 4. The van der Waals surface area contributed by atoms with Gasteiger partial charge in [0.05, 0.1) is 11.1 Å². The minimum absolute atomic E-state index is 0.237. The van der Waals surface area contributed by atoms with Crippen LogP contribution in [0.2, 0.25) is 0 Å². The smallest absolute Gasteiger partial charge is 0.244 e. The molecule has 6 heteroatoms. The van der Waals surface area contributed by atoms with E-state index in [2.05, 4.69) is 48.1 Å². The van der Waals surface area contributed by atoms with Crippen molar-refractivity contribution < 1.29 is 4.79 Å². The molecule has 0 unspecified atom stereocenters. The fourth-order valence-electron chi connectivity index (χ4n) is 4.06. The Balaban J connectivity index is 1.90. The average molecular weight is 396 g/mol. The Labute approximate surface area is 173 Å². The highest BCUT2D eigenvalue weighted by Crippen LogP contribution is 2.27. The minimum Gasteiger partial charge on any atom is -0.383 e. The molecular weight excluding hydrogens is 362 g/mol. The number of amides is 1. The number of nitrogens with zero attached hydrogens (tertiary/aromatic N) is 3. The Morgan fingerprint density at radius 1 is 1.28 bits per heavy atom. The number of aryl methyl sites for hydroxylation is 1. The normalized spacial score (nSPS) is 16.0. The van der Waals surface area contributed by atoms with Gasteiger partial charge in [0.2, 0.25) is 5.91 Å². The fourth-order valence-corrected chi connectivity index (χ4v) is 4.06. The van der Waals surface area contributed by atoms with Gasteiger partial charge < -0.3 is 16.0 Å². The molecule has 1 saturated heterocycles. The number of piperidine rings is 1. The van der Waals surface area contributed by atoms with E-state index in [1.165, 1.54) is 6.92 Å². The lowest BCUT2D eigenvalue weighted by molar-refractivity contribution is -0.115. The van der Waals surface area contributed by atoms with Crippen LogP contribution >= 0.6 is 0 Å². The summed E-state index contributed by atoms with van der Waals surface area (Å²) in [5.41, 5.74) is 9.05. The van der Waals surface area contributed by atoms with Gasteiger partial charge in [0, 0.05) is 37.5 Å². The van der Waals surface area contributed by atoms with Crippen LogP contribution in [0.5, 0.6) is 0 Å². The second kappa shape index (κ2) is 9.35. The van der Waals surface area contributed by atoms with E-state index in [1.54, 1.807) is 0 Å². The molecule has 1 aliphatic rings. The summed E-state index contributed by atoms with van der Waals surface area (Å²) in [4.78, 5) is 22.7. The zero-order valence-corrected chi connectivity index (χ0v) is 18.0. The lowest BCUT2D eigenvalue weighted by Gasteiger charge is -2.36. The van der Waals surface area contributed by atoms with E-state index in [-0.39, 0.29) is 11.7 Å². The van der Waals surface area contributed by atoms with Gasteiger partial charge in [-0.3, -0.25) is 4.79 Å². The van der Waals surface area contributed by atoms with Gasteiger partial charge in [-0.15, -0.1) is 0 Å². The molecule has 29 heavy (non-hydrogen) atoms. The number of fused-ring (bicyclic) bond motifs is 1. The summed E-state index contributed by atoms with van der Waals surface area (Å²) < 4.78 is 0. The molecule has 3 rings (SSSR count). The predicted octanol–water partition coefficient (Wildman–Crippen LogP) is 3.54. The number of nitrogens with two attached hydrogens (primary N) is 1. The van der Waals surface area contributed by atoms with Crippen LogP contribution in [0.4, 0.5) is 5.82 Å². The number of aliphatic imine (C=N–C) groups is 1. The van der Waals surface area contributed by atoms with Crippen LogP contribution < -0.4 is 16.0 Å². The summed E-state index contributed by atoms with van der Waals surface area (Å²) in [5, 5.41) is 4.80. The van der Waals surface area contributed by atoms with Gasteiger partial charge in [-0.2, -0.15) is 4.99 Å². The van der Waals surface area contributed by atoms with E-state index >= 15 is 0 Å². The summed E-state index contributed by atoms with van der Waals surface area (Å²) in [6.45, 7) is 9.75. The second-order valence-electron chi connectivity index (χ2n) is 8.01. The van der Waals surface area contributed by atoms with Crippen LogP contribution in [0.25, 0.3) is 10.9 Å². The molecule has 3 N–H and O–H groups in total. The standard InChI is InChI=1S/C23H33N5O/c1-5-18(6-2)26-19-9-11-28(12-10-19)23-20(22(24)25-16(4)29)14-17-13-15(3)7-8-21(17)27-23/h7-8,13-14,18-19,26H,5-6,9-12H2,1-4H3,(H2,24,25,29). The van der Waals surface area contributed by atoms with Crippen molar-refractivity contribution in [3.05, 3.63) is 35.4 Å². The molecule has 0 bridgehead atoms. The van der Waals surface area contributed by atoms with E-state index in [4.69, 9.17) is 10.7 Å². The lowest BCUT2D eigenvalue weighted by atomic mass is 10.0. The van der Waals surface area contributed by atoms with E-state index < -0.39 is 0 Å². The van der Waals surface area contributed by atoms with E-state index in [0.717, 1.165) is 66.6 Å². The van der Waals surface area contributed by atoms with Crippen molar-refractivity contribution in [2.45, 2.75) is 65.5 Å². The van der Waals surface area contributed by atoms with Gasteiger partial charge in [0.25, 0.3) is 0 Å². The van der Waals surface area contributed by atoms with Crippen molar-refractivity contribution in [3.8, 4) is 0 Å². The van der Waals surface area contributed by atoms with Crippen molar-refractivity contribution >= 4 is 28.5 Å². The SMILES string of the molecule is CCC(CC)NC1CCN(c2nc3ccc(C)cc3cc2C(N)=NC(C)=O)CC1. The van der Waals surface area contributed by atoms with Gasteiger partial charge in [0.1, 0.15) is 11.7 Å². The van der Waals surface area contributed by atoms with E-state index in [1.807, 2.05) is 12.1 Å². The number of carbonyl (C=O) groups is 1. The lowest BCUT2D eigenvalue weighted by Crippen LogP contribution is -2.46. The minimum atomic E-state index is -0.300. The van der Waals surface area contributed by atoms with E-state index in [0.29, 0.717) is 12.1 Å². The number of hydrogen-bond donors (Lipinski definition) is 2. The van der Waals surface area contributed by atoms with Crippen LogP contribution in [0.3, 0.4) is 0 Å². The molecule has 0 saturated carbocycles. The first-order valence-electron chi connectivity index (χ1n) is 10.7. The molecule has 1 aromatic heterocycles. The topological polar surface area (TPSA) is 83.6 Å². The van der Waals surface area contributed by atoms with Gasteiger partial charge >= 0.3 is 0 Å². The van der Waals surface area contributed by atoms with Gasteiger partial charge in [-0.05, 0) is 50.8 Å². The van der Waals surface area contributed by atoms with Crippen LogP contribution in [0.1, 0.15) is 57.6 Å². The first-order valence-corrected chi connectivity index (χ1v) is 10.7. The number of anilines is 1. The summed E-state index contributed by atoms with van der Waals surface area (Å²) in [6.07, 6.45) is 4.44. The van der Waals surface area contributed by atoms with Gasteiger partial charge in [0.15, 0.2) is 0 Å². The highest BCUT2D eigenvalue weighted by atomic mass is 16.1. The number of carbonyl (C=O) groups excluding carboxylic acids is 1. The molecule has 1 aromatic carbocycles. The molecule has 0 atom stereocenters. The first kappa shape index (κ1) is 21.2. The Kier molecular flexibility index (Phi) is 6.85. The fraction of sp³-hybridized carbons (Fsp3) is 0.522. The number of aromatic nitrogens is 1. The largest absolute Gasteiger partial charge is 0.383 e. The molecule has 1 aliphatic heterocycles.